The molecule has 0 bridgehead atoms. The molecule has 3 heteroatoms. The van der Waals surface area contributed by atoms with Gasteiger partial charge in [-0.25, -0.2) is 5.90 Å². The zero-order valence-corrected chi connectivity index (χ0v) is 8.12. The van der Waals surface area contributed by atoms with Crippen LogP contribution in [0, 0.1) is 5.92 Å². The highest BCUT2D eigenvalue weighted by Gasteiger charge is 2.34. The molecular formula is C8H17NOS. The van der Waals surface area contributed by atoms with Crippen LogP contribution in [-0.4, -0.2) is 17.1 Å². The van der Waals surface area contributed by atoms with Crippen molar-refractivity contribution in [3.05, 3.63) is 0 Å². The number of hydrogen-bond donors (Lipinski definition) is 1. The Kier molecular flexibility index (Phi) is 3.22. The third-order valence-corrected chi connectivity index (χ3v) is 4.02. The molecule has 1 unspecified atom stereocenters. The highest BCUT2D eigenvalue weighted by atomic mass is 32.2. The predicted molar refractivity (Wildman–Crippen MR) is 49.4 cm³/mol. The molecule has 1 atom stereocenters. The second-order valence-corrected chi connectivity index (χ2v) is 5.35. The van der Waals surface area contributed by atoms with Crippen LogP contribution in [0.25, 0.3) is 0 Å². The molecule has 0 amide bonds. The third kappa shape index (κ3) is 2.36. The summed E-state index contributed by atoms with van der Waals surface area (Å²) in [6.07, 6.45) is 2.43. The van der Waals surface area contributed by atoms with E-state index >= 15 is 0 Å². The zero-order valence-electron chi connectivity index (χ0n) is 7.30. The van der Waals surface area contributed by atoms with Crippen LogP contribution in [0.1, 0.15) is 26.7 Å². The number of hydrogen-bond acceptors (Lipinski definition) is 3. The van der Waals surface area contributed by atoms with Crippen molar-refractivity contribution in [2.75, 3.05) is 12.4 Å². The van der Waals surface area contributed by atoms with E-state index in [0.29, 0.717) is 11.4 Å². The summed E-state index contributed by atoms with van der Waals surface area (Å²) in [6, 6.07) is 0. The lowest BCUT2D eigenvalue weighted by atomic mass is 9.90. The Morgan fingerprint density at radius 2 is 2.36 bits per heavy atom. The van der Waals surface area contributed by atoms with Gasteiger partial charge in [0.2, 0.25) is 0 Å². The predicted octanol–water partition coefficient (Wildman–Crippen LogP) is 1.80. The van der Waals surface area contributed by atoms with E-state index in [4.69, 9.17) is 5.90 Å². The van der Waals surface area contributed by atoms with E-state index in [9.17, 15) is 0 Å². The fraction of sp³-hybridized carbons (Fsp3) is 1.00. The minimum Gasteiger partial charge on any atom is -0.305 e. The van der Waals surface area contributed by atoms with Gasteiger partial charge in [-0.2, -0.15) is 11.8 Å². The Labute approximate surface area is 72.8 Å². The van der Waals surface area contributed by atoms with E-state index in [1.165, 1.54) is 12.2 Å². The van der Waals surface area contributed by atoms with Crippen LogP contribution in [0.5, 0.6) is 0 Å². The molecule has 0 spiro atoms. The molecular weight excluding hydrogens is 158 g/mol. The molecule has 0 aromatic rings. The molecule has 1 aliphatic rings. The maximum atomic E-state index is 4.99. The summed E-state index contributed by atoms with van der Waals surface area (Å²) in [5.74, 6) is 7.07. The molecule has 2 nitrogen and oxygen atoms in total. The topological polar surface area (TPSA) is 35.2 Å². The van der Waals surface area contributed by atoms with Crippen molar-refractivity contribution in [1.82, 2.24) is 0 Å². The molecule has 0 aromatic carbocycles. The van der Waals surface area contributed by atoms with E-state index < -0.39 is 0 Å². The Bertz CT molecular complexity index is 127. The number of nitrogens with two attached hydrogens (primary N) is 1. The van der Waals surface area contributed by atoms with Crippen LogP contribution >= 0.6 is 11.8 Å². The molecule has 66 valence electrons. The standard InChI is InChI=1S/C8H17NOS/c1-8(2)7(3-5-10-9)4-6-11-8/h7H,3-6,9H2,1-2H3. The first kappa shape index (κ1) is 9.36. The summed E-state index contributed by atoms with van der Waals surface area (Å²) in [7, 11) is 0. The van der Waals surface area contributed by atoms with Gasteiger partial charge in [-0.15, -0.1) is 0 Å². The minimum atomic E-state index is 0.443. The summed E-state index contributed by atoms with van der Waals surface area (Å²) >= 11 is 2.06. The largest absolute Gasteiger partial charge is 0.305 e. The second kappa shape index (κ2) is 3.78. The van der Waals surface area contributed by atoms with Gasteiger partial charge in [0.05, 0.1) is 6.61 Å². The lowest BCUT2D eigenvalue weighted by molar-refractivity contribution is 0.119. The summed E-state index contributed by atoms with van der Waals surface area (Å²) in [5.41, 5.74) is 0. The molecule has 0 aliphatic carbocycles. The molecule has 2 N–H and O–H groups in total. The number of rotatable bonds is 3. The number of thioether (sulfide) groups is 1. The van der Waals surface area contributed by atoms with Crippen molar-refractivity contribution in [3.8, 4) is 0 Å². The van der Waals surface area contributed by atoms with E-state index in [1.54, 1.807) is 0 Å². The van der Waals surface area contributed by atoms with Gasteiger partial charge >= 0.3 is 0 Å². The molecule has 11 heavy (non-hydrogen) atoms. The quantitative estimate of drug-likeness (QED) is 0.664. The summed E-state index contributed by atoms with van der Waals surface area (Å²) < 4.78 is 0.443. The van der Waals surface area contributed by atoms with Crippen LogP contribution in [-0.2, 0) is 4.84 Å². The van der Waals surface area contributed by atoms with Gasteiger partial charge in [0.1, 0.15) is 0 Å². The van der Waals surface area contributed by atoms with Crippen molar-refractivity contribution in [3.63, 3.8) is 0 Å². The van der Waals surface area contributed by atoms with Gasteiger partial charge in [-0.3, -0.25) is 0 Å². The first-order valence-corrected chi connectivity index (χ1v) is 5.11. The smallest absolute Gasteiger partial charge is 0.0682 e. The normalized spacial score (nSPS) is 29.2. The molecule has 1 fully saturated rings. The van der Waals surface area contributed by atoms with Crippen LogP contribution in [0.3, 0.4) is 0 Å². The average molecular weight is 175 g/mol. The molecule has 0 radical (unpaired) electrons. The van der Waals surface area contributed by atoms with Crippen molar-refractivity contribution in [2.24, 2.45) is 11.8 Å². The Hall–Kier alpha value is 0.270. The first-order chi connectivity index (χ1) is 5.17. The lowest BCUT2D eigenvalue weighted by Gasteiger charge is -2.25. The lowest BCUT2D eigenvalue weighted by Crippen LogP contribution is -2.23. The summed E-state index contributed by atoms with van der Waals surface area (Å²) in [4.78, 5) is 4.59. The highest BCUT2D eigenvalue weighted by molar-refractivity contribution is 8.00. The van der Waals surface area contributed by atoms with Crippen LogP contribution in [0.4, 0.5) is 0 Å². The molecule has 0 saturated carbocycles. The SMILES string of the molecule is CC1(C)SCCC1CCON. The van der Waals surface area contributed by atoms with Gasteiger partial charge in [0.15, 0.2) is 0 Å². The van der Waals surface area contributed by atoms with Gasteiger partial charge in [0.25, 0.3) is 0 Å². The van der Waals surface area contributed by atoms with Gasteiger partial charge < -0.3 is 4.84 Å². The van der Waals surface area contributed by atoms with Crippen molar-refractivity contribution >= 4 is 11.8 Å². The molecule has 1 rings (SSSR count). The molecule has 1 heterocycles. The maximum Gasteiger partial charge on any atom is 0.0682 e. The van der Waals surface area contributed by atoms with Crippen LogP contribution < -0.4 is 5.90 Å². The van der Waals surface area contributed by atoms with E-state index in [2.05, 4.69) is 30.4 Å². The van der Waals surface area contributed by atoms with Gasteiger partial charge in [-0.05, 0) is 24.5 Å². The summed E-state index contributed by atoms with van der Waals surface area (Å²) in [5, 5.41) is 0. The highest BCUT2D eigenvalue weighted by Crippen LogP contribution is 2.43. The van der Waals surface area contributed by atoms with Gasteiger partial charge in [-0.1, -0.05) is 13.8 Å². The van der Waals surface area contributed by atoms with Crippen molar-refractivity contribution in [2.45, 2.75) is 31.4 Å². The fourth-order valence-electron chi connectivity index (χ4n) is 1.63. The minimum absolute atomic E-state index is 0.443. The zero-order chi connectivity index (χ0) is 8.32. The van der Waals surface area contributed by atoms with E-state index in [-0.39, 0.29) is 0 Å². The maximum absolute atomic E-state index is 4.99. The van der Waals surface area contributed by atoms with Gasteiger partial charge in [0, 0.05) is 4.75 Å². The Balaban J connectivity index is 2.32. The average Bonchev–Trinajstić information content (AvgIpc) is 2.25. The van der Waals surface area contributed by atoms with Crippen molar-refractivity contribution < 1.29 is 4.84 Å². The summed E-state index contributed by atoms with van der Waals surface area (Å²) in [6.45, 7) is 5.33. The third-order valence-electron chi connectivity index (χ3n) is 2.51. The molecule has 1 aliphatic heterocycles. The monoisotopic (exact) mass is 175 g/mol. The van der Waals surface area contributed by atoms with Crippen LogP contribution in [0.15, 0.2) is 0 Å². The Morgan fingerprint density at radius 3 is 2.82 bits per heavy atom. The molecule has 1 saturated heterocycles. The van der Waals surface area contributed by atoms with E-state index in [0.717, 1.165) is 12.3 Å². The first-order valence-electron chi connectivity index (χ1n) is 4.12. The fourth-order valence-corrected chi connectivity index (χ4v) is 3.03. The van der Waals surface area contributed by atoms with Crippen LogP contribution in [0.2, 0.25) is 0 Å². The Morgan fingerprint density at radius 1 is 1.64 bits per heavy atom. The molecule has 0 aromatic heterocycles. The van der Waals surface area contributed by atoms with Crippen molar-refractivity contribution in [1.29, 1.82) is 0 Å². The second-order valence-electron chi connectivity index (χ2n) is 3.60. The van der Waals surface area contributed by atoms with E-state index in [1.807, 2.05) is 0 Å².